The molecule has 0 aromatic carbocycles. The van der Waals surface area contributed by atoms with Gasteiger partial charge in [0.1, 0.15) is 0 Å². The average molecular weight is 363 g/mol. The van der Waals surface area contributed by atoms with Crippen LogP contribution in [0.5, 0.6) is 11.5 Å². The highest BCUT2D eigenvalue weighted by molar-refractivity contribution is 9.10. The van der Waals surface area contributed by atoms with Gasteiger partial charge in [0.05, 0.1) is 18.7 Å². The van der Waals surface area contributed by atoms with Crippen molar-refractivity contribution in [3.8, 4) is 11.5 Å². The second-order valence-corrected chi connectivity index (χ2v) is 4.41. The van der Waals surface area contributed by atoms with Gasteiger partial charge < -0.3 is 20.9 Å². The maximum atomic E-state index is 12.9. The first-order valence-electron chi connectivity index (χ1n) is 5.49. The lowest BCUT2D eigenvalue weighted by Crippen LogP contribution is -1.98. The van der Waals surface area contributed by atoms with Gasteiger partial charge in [-0.15, -0.1) is 0 Å². The predicted molar refractivity (Wildman–Crippen MR) is 78.0 cm³/mol. The van der Waals surface area contributed by atoms with Gasteiger partial charge in [-0.05, 0) is 15.9 Å². The molecule has 9 heteroatoms. The number of pyridine rings is 2. The summed E-state index contributed by atoms with van der Waals surface area (Å²) >= 11 is 3.06. The van der Waals surface area contributed by atoms with E-state index < -0.39 is 11.6 Å². The molecule has 2 aromatic heterocycles. The van der Waals surface area contributed by atoms with Gasteiger partial charge >= 0.3 is 0 Å². The minimum atomic E-state index is -0.637. The molecular formula is C12H13BrF2N4O2. The number of aromatic nitrogens is 2. The molecule has 0 aliphatic rings. The summed E-state index contributed by atoms with van der Waals surface area (Å²) in [6.45, 7) is 0. The molecule has 0 atom stereocenters. The van der Waals surface area contributed by atoms with E-state index in [4.69, 9.17) is 16.2 Å². The van der Waals surface area contributed by atoms with Gasteiger partial charge in [0.2, 0.25) is 11.6 Å². The third-order valence-corrected chi connectivity index (χ3v) is 2.83. The average Bonchev–Trinajstić information content (AvgIpc) is 2.47. The first-order valence-corrected chi connectivity index (χ1v) is 6.29. The molecule has 0 aliphatic carbocycles. The number of nitrogens with zero attached hydrogens (tertiary/aromatic N) is 2. The molecule has 6 nitrogen and oxygen atoms in total. The van der Waals surface area contributed by atoms with Crippen LogP contribution in [0.1, 0.15) is 0 Å². The highest BCUT2D eigenvalue weighted by Crippen LogP contribution is 2.29. The Morgan fingerprint density at radius 2 is 1.67 bits per heavy atom. The molecule has 2 heterocycles. The second-order valence-electron chi connectivity index (χ2n) is 3.55. The van der Waals surface area contributed by atoms with Crippen LogP contribution in [-0.2, 0) is 0 Å². The summed E-state index contributed by atoms with van der Waals surface area (Å²) in [4.78, 5) is 7.07. The molecule has 0 saturated heterocycles. The van der Waals surface area contributed by atoms with Gasteiger partial charge in [-0.25, -0.2) is 9.97 Å². The van der Waals surface area contributed by atoms with Gasteiger partial charge in [0.15, 0.2) is 23.1 Å². The van der Waals surface area contributed by atoms with Crippen molar-refractivity contribution in [3.63, 3.8) is 0 Å². The van der Waals surface area contributed by atoms with Crippen molar-refractivity contribution in [2.75, 3.05) is 25.7 Å². The number of nitrogens with two attached hydrogens (primary N) is 2. The summed E-state index contributed by atoms with van der Waals surface area (Å²) in [5.41, 5.74) is 10.3. The minimum absolute atomic E-state index is 0.0810. The standard InChI is InChI=1S/C6H6BrFN2O.C6H7FN2O/c1-11-5-3(7)2-10-6(9)4(5)8;1-10-4-2-3-9-6(8)5(4)7/h2H,1H3,(H2,9,10);2-3H,1H3,(H2,8,9). The minimum Gasteiger partial charge on any atom is -0.493 e. The summed E-state index contributed by atoms with van der Waals surface area (Å²) in [5, 5.41) is 0. The Hall–Kier alpha value is -2.16. The maximum Gasteiger partial charge on any atom is 0.208 e. The third kappa shape index (κ3) is 4.15. The smallest absolute Gasteiger partial charge is 0.208 e. The topological polar surface area (TPSA) is 96.3 Å². The number of hydrogen-bond acceptors (Lipinski definition) is 6. The largest absolute Gasteiger partial charge is 0.493 e. The van der Waals surface area contributed by atoms with Crippen LogP contribution in [0.4, 0.5) is 20.4 Å². The van der Waals surface area contributed by atoms with Crippen molar-refractivity contribution in [1.82, 2.24) is 9.97 Å². The summed E-state index contributed by atoms with van der Waals surface area (Å²) < 4.78 is 35.4. The third-order valence-electron chi connectivity index (χ3n) is 2.26. The normalized spacial score (nSPS) is 9.57. The van der Waals surface area contributed by atoms with E-state index >= 15 is 0 Å². The van der Waals surface area contributed by atoms with Crippen molar-refractivity contribution >= 4 is 27.6 Å². The van der Waals surface area contributed by atoms with Crippen LogP contribution in [0, 0.1) is 11.6 Å². The second kappa shape index (κ2) is 7.58. The number of nitrogen functional groups attached to an aromatic ring is 2. The van der Waals surface area contributed by atoms with Crippen LogP contribution in [0.2, 0.25) is 0 Å². The van der Waals surface area contributed by atoms with Gasteiger partial charge in [0, 0.05) is 18.5 Å². The molecular weight excluding hydrogens is 350 g/mol. The fraction of sp³-hybridized carbons (Fsp3) is 0.167. The Kier molecular flexibility index (Phi) is 6.10. The highest BCUT2D eigenvalue weighted by Gasteiger charge is 2.10. The number of methoxy groups -OCH3 is 2. The number of halogens is 3. The van der Waals surface area contributed by atoms with Gasteiger partial charge in [-0.2, -0.15) is 8.78 Å². The molecule has 21 heavy (non-hydrogen) atoms. The fourth-order valence-corrected chi connectivity index (χ4v) is 1.69. The van der Waals surface area contributed by atoms with Gasteiger partial charge in [-0.1, -0.05) is 0 Å². The summed E-state index contributed by atoms with van der Waals surface area (Å²) in [6, 6.07) is 1.41. The van der Waals surface area contributed by atoms with Crippen LogP contribution >= 0.6 is 15.9 Å². The SMILES string of the molecule is COc1c(Br)cnc(N)c1F.COc1ccnc(N)c1F. The zero-order valence-electron chi connectivity index (χ0n) is 11.2. The van der Waals surface area contributed by atoms with Crippen molar-refractivity contribution in [2.24, 2.45) is 0 Å². The molecule has 0 aliphatic heterocycles. The zero-order chi connectivity index (χ0) is 16.0. The number of ether oxygens (including phenoxy) is 2. The van der Waals surface area contributed by atoms with Crippen LogP contribution in [-0.4, -0.2) is 24.2 Å². The Morgan fingerprint density at radius 1 is 1.05 bits per heavy atom. The van der Waals surface area contributed by atoms with E-state index in [1.807, 2.05) is 0 Å². The Balaban J connectivity index is 0.000000211. The molecule has 0 radical (unpaired) electrons. The van der Waals surface area contributed by atoms with E-state index in [0.717, 1.165) is 0 Å². The number of rotatable bonds is 2. The summed E-state index contributed by atoms with van der Waals surface area (Å²) in [7, 11) is 2.74. The molecule has 0 spiro atoms. The van der Waals surface area contributed by atoms with E-state index in [1.54, 1.807) is 0 Å². The van der Waals surface area contributed by atoms with Crippen molar-refractivity contribution < 1.29 is 18.3 Å². The first-order chi connectivity index (χ1) is 9.92. The fourth-order valence-electron chi connectivity index (χ4n) is 1.25. The van der Waals surface area contributed by atoms with Crippen LogP contribution in [0.3, 0.4) is 0 Å². The molecule has 0 unspecified atom stereocenters. The van der Waals surface area contributed by atoms with E-state index in [2.05, 4.69) is 30.6 Å². The molecule has 4 N–H and O–H groups in total. The van der Waals surface area contributed by atoms with E-state index in [9.17, 15) is 8.78 Å². The maximum absolute atomic E-state index is 12.9. The predicted octanol–water partition coefficient (Wildman–Crippen LogP) is 2.39. The van der Waals surface area contributed by atoms with Gasteiger partial charge in [0.25, 0.3) is 0 Å². The Labute approximate surface area is 128 Å². The lowest BCUT2D eigenvalue weighted by atomic mass is 10.4. The lowest BCUT2D eigenvalue weighted by Gasteiger charge is -2.04. The van der Waals surface area contributed by atoms with Crippen LogP contribution in [0.25, 0.3) is 0 Å². The molecule has 114 valence electrons. The van der Waals surface area contributed by atoms with Crippen molar-refractivity contribution in [3.05, 3.63) is 34.6 Å². The number of hydrogen-bond donors (Lipinski definition) is 2. The molecule has 0 amide bonds. The quantitative estimate of drug-likeness (QED) is 0.851. The molecule has 2 rings (SSSR count). The zero-order valence-corrected chi connectivity index (χ0v) is 12.8. The molecule has 0 bridgehead atoms. The number of anilines is 2. The molecule has 2 aromatic rings. The van der Waals surface area contributed by atoms with Crippen molar-refractivity contribution in [1.29, 1.82) is 0 Å². The van der Waals surface area contributed by atoms with E-state index in [-0.39, 0.29) is 23.1 Å². The van der Waals surface area contributed by atoms with Crippen LogP contribution in [0.15, 0.2) is 22.9 Å². The Morgan fingerprint density at radius 3 is 2.14 bits per heavy atom. The summed E-state index contributed by atoms with van der Waals surface area (Å²) in [6.07, 6.45) is 2.77. The monoisotopic (exact) mass is 362 g/mol. The van der Waals surface area contributed by atoms with Gasteiger partial charge in [-0.3, -0.25) is 0 Å². The Bertz CT molecular complexity index is 628. The van der Waals surface area contributed by atoms with E-state index in [1.165, 1.54) is 32.7 Å². The lowest BCUT2D eigenvalue weighted by molar-refractivity contribution is 0.383. The van der Waals surface area contributed by atoms with Crippen molar-refractivity contribution in [2.45, 2.75) is 0 Å². The van der Waals surface area contributed by atoms with E-state index in [0.29, 0.717) is 4.47 Å². The summed E-state index contributed by atoms with van der Waals surface area (Å²) in [5.74, 6) is -1.35. The highest BCUT2D eigenvalue weighted by atomic mass is 79.9. The molecule has 0 fully saturated rings. The molecule has 0 saturated carbocycles. The van der Waals surface area contributed by atoms with Crippen LogP contribution < -0.4 is 20.9 Å². The first kappa shape index (κ1) is 16.9.